The SMILES string of the molecule is CCNC(=NCC1(CC(C)C)CCC1)NCC(C1CCOC1)N1CCOCC1. The molecule has 1 aliphatic carbocycles. The fourth-order valence-electron chi connectivity index (χ4n) is 5.12. The Hall–Kier alpha value is -0.850. The number of hydrogen-bond acceptors (Lipinski definition) is 4. The summed E-state index contributed by atoms with van der Waals surface area (Å²) in [7, 11) is 0. The molecule has 2 heterocycles. The van der Waals surface area contributed by atoms with Gasteiger partial charge in [0.1, 0.15) is 0 Å². The summed E-state index contributed by atoms with van der Waals surface area (Å²) in [6, 6.07) is 0.489. The van der Waals surface area contributed by atoms with Crippen LogP contribution in [0.1, 0.15) is 52.9 Å². The van der Waals surface area contributed by atoms with Crippen LogP contribution in [0, 0.1) is 17.3 Å². The summed E-state index contributed by atoms with van der Waals surface area (Å²) in [5.41, 5.74) is 0.444. The Morgan fingerprint density at radius 1 is 1.14 bits per heavy atom. The number of hydrogen-bond donors (Lipinski definition) is 2. The van der Waals surface area contributed by atoms with Crippen molar-refractivity contribution in [3.8, 4) is 0 Å². The van der Waals surface area contributed by atoms with E-state index in [1.165, 1.54) is 25.7 Å². The van der Waals surface area contributed by atoms with Gasteiger partial charge in [-0.2, -0.15) is 0 Å². The topological polar surface area (TPSA) is 58.1 Å². The summed E-state index contributed by atoms with van der Waals surface area (Å²) < 4.78 is 11.3. The van der Waals surface area contributed by atoms with Gasteiger partial charge in [0.15, 0.2) is 5.96 Å². The van der Waals surface area contributed by atoms with Crippen LogP contribution < -0.4 is 10.6 Å². The molecule has 3 rings (SSSR count). The molecule has 2 unspecified atom stereocenters. The molecule has 2 aliphatic heterocycles. The molecule has 0 bridgehead atoms. The summed E-state index contributed by atoms with van der Waals surface area (Å²) in [4.78, 5) is 7.61. The van der Waals surface area contributed by atoms with Crippen molar-refractivity contribution < 1.29 is 9.47 Å². The second-order valence-corrected chi connectivity index (χ2v) is 9.37. The van der Waals surface area contributed by atoms with Crippen molar-refractivity contribution in [2.75, 3.05) is 59.2 Å². The Kier molecular flexibility index (Phi) is 8.42. The zero-order valence-electron chi connectivity index (χ0n) is 18.3. The number of nitrogens with zero attached hydrogens (tertiary/aromatic N) is 2. The first kappa shape index (κ1) is 21.8. The number of nitrogens with one attached hydrogen (secondary N) is 2. The van der Waals surface area contributed by atoms with Crippen molar-refractivity contribution in [3.63, 3.8) is 0 Å². The van der Waals surface area contributed by atoms with Crippen LogP contribution in [0.15, 0.2) is 4.99 Å². The van der Waals surface area contributed by atoms with Crippen LogP contribution in [-0.4, -0.2) is 76.1 Å². The van der Waals surface area contributed by atoms with E-state index in [9.17, 15) is 0 Å². The molecule has 0 aromatic rings. The molecule has 6 heteroatoms. The lowest BCUT2D eigenvalue weighted by Gasteiger charge is -2.42. The molecule has 2 atom stereocenters. The van der Waals surface area contributed by atoms with Gasteiger partial charge in [-0.1, -0.05) is 20.3 Å². The first-order valence-corrected chi connectivity index (χ1v) is 11.5. The summed E-state index contributed by atoms with van der Waals surface area (Å²) in [6.45, 7) is 15.1. The van der Waals surface area contributed by atoms with Crippen molar-refractivity contribution >= 4 is 5.96 Å². The molecule has 6 nitrogen and oxygen atoms in total. The lowest BCUT2D eigenvalue weighted by molar-refractivity contribution is 0.00245. The highest BCUT2D eigenvalue weighted by molar-refractivity contribution is 5.79. The molecule has 0 spiro atoms. The normalized spacial score (nSPS) is 26.9. The van der Waals surface area contributed by atoms with Crippen molar-refractivity contribution in [1.29, 1.82) is 0 Å². The van der Waals surface area contributed by atoms with Crippen LogP contribution in [0.4, 0.5) is 0 Å². The third kappa shape index (κ3) is 6.07. The number of guanidine groups is 1. The number of aliphatic imine (C=N–C) groups is 1. The first-order valence-electron chi connectivity index (χ1n) is 11.5. The Bertz CT molecular complexity index is 481. The average Bonchev–Trinajstić information content (AvgIpc) is 3.18. The highest BCUT2D eigenvalue weighted by atomic mass is 16.5. The van der Waals surface area contributed by atoms with E-state index >= 15 is 0 Å². The van der Waals surface area contributed by atoms with Gasteiger partial charge in [-0.3, -0.25) is 9.89 Å². The standard InChI is InChI=1S/C22H42N4O2/c1-4-23-21(25-17-22(7-5-8-22)14-18(2)3)24-15-20(19-6-11-28-16-19)26-9-12-27-13-10-26/h18-20H,4-17H2,1-3H3,(H2,23,24,25). The van der Waals surface area contributed by atoms with Crippen molar-refractivity contribution in [2.45, 2.75) is 58.9 Å². The molecule has 3 aliphatic rings. The molecular formula is C22H42N4O2. The summed E-state index contributed by atoms with van der Waals surface area (Å²) >= 11 is 0. The molecule has 2 saturated heterocycles. The second kappa shape index (κ2) is 10.8. The minimum atomic E-state index is 0.444. The van der Waals surface area contributed by atoms with Gasteiger partial charge in [-0.15, -0.1) is 0 Å². The van der Waals surface area contributed by atoms with Crippen LogP contribution in [0.25, 0.3) is 0 Å². The fraction of sp³-hybridized carbons (Fsp3) is 0.955. The Morgan fingerprint density at radius 2 is 1.93 bits per heavy atom. The predicted octanol–water partition coefficient (Wildman–Crippen LogP) is 2.50. The fourth-order valence-corrected chi connectivity index (χ4v) is 5.12. The number of ether oxygens (including phenoxy) is 2. The average molecular weight is 395 g/mol. The molecule has 1 saturated carbocycles. The molecule has 0 aromatic heterocycles. The molecule has 0 aromatic carbocycles. The van der Waals surface area contributed by atoms with E-state index in [2.05, 4.69) is 36.3 Å². The predicted molar refractivity (Wildman–Crippen MR) is 115 cm³/mol. The Morgan fingerprint density at radius 3 is 2.50 bits per heavy atom. The molecule has 3 fully saturated rings. The van der Waals surface area contributed by atoms with Gasteiger partial charge in [-0.05, 0) is 43.9 Å². The zero-order chi connectivity index (χ0) is 19.8. The molecule has 28 heavy (non-hydrogen) atoms. The summed E-state index contributed by atoms with van der Waals surface area (Å²) in [5.74, 6) is 2.33. The van der Waals surface area contributed by atoms with Crippen molar-refractivity contribution in [3.05, 3.63) is 0 Å². The number of morpholine rings is 1. The van der Waals surface area contributed by atoms with E-state index in [1.807, 2.05) is 0 Å². The lowest BCUT2D eigenvalue weighted by atomic mass is 9.64. The van der Waals surface area contributed by atoms with Crippen molar-refractivity contribution in [1.82, 2.24) is 15.5 Å². The zero-order valence-corrected chi connectivity index (χ0v) is 18.3. The van der Waals surface area contributed by atoms with E-state index in [4.69, 9.17) is 14.5 Å². The Balaban J connectivity index is 1.59. The van der Waals surface area contributed by atoms with Gasteiger partial charge in [0.05, 0.1) is 19.8 Å². The van der Waals surface area contributed by atoms with Gasteiger partial charge in [-0.25, -0.2) is 0 Å². The lowest BCUT2D eigenvalue weighted by Crippen LogP contribution is -2.53. The van der Waals surface area contributed by atoms with Gasteiger partial charge in [0.25, 0.3) is 0 Å². The van der Waals surface area contributed by atoms with E-state index in [-0.39, 0.29) is 0 Å². The maximum absolute atomic E-state index is 5.70. The first-order chi connectivity index (χ1) is 13.6. The second-order valence-electron chi connectivity index (χ2n) is 9.37. The van der Waals surface area contributed by atoms with Crippen LogP contribution in [0.5, 0.6) is 0 Å². The van der Waals surface area contributed by atoms with Crippen LogP contribution in [0.2, 0.25) is 0 Å². The van der Waals surface area contributed by atoms with E-state index in [0.29, 0.717) is 17.4 Å². The van der Waals surface area contributed by atoms with Crippen LogP contribution >= 0.6 is 0 Å². The molecule has 0 radical (unpaired) electrons. The van der Waals surface area contributed by atoms with Gasteiger partial charge >= 0.3 is 0 Å². The quantitative estimate of drug-likeness (QED) is 0.465. The van der Waals surface area contributed by atoms with E-state index in [0.717, 1.165) is 77.4 Å². The van der Waals surface area contributed by atoms with Gasteiger partial charge in [0, 0.05) is 51.3 Å². The highest BCUT2D eigenvalue weighted by Crippen LogP contribution is 2.46. The molecule has 2 N–H and O–H groups in total. The third-order valence-electron chi connectivity index (χ3n) is 6.67. The smallest absolute Gasteiger partial charge is 0.191 e. The maximum atomic E-state index is 5.70. The molecular weight excluding hydrogens is 352 g/mol. The minimum absolute atomic E-state index is 0.444. The number of rotatable bonds is 9. The van der Waals surface area contributed by atoms with E-state index < -0.39 is 0 Å². The largest absolute Gasteiger partial charge is 0.381 e. The Labute approximate surface area is 171 Å². The van der Waals surface area contributed by atoms with Gasteiger partial charge < -0.3 is 20.1 Å². The minimum Gasteiger partial charge on any atom is -0.381 e. The highest BCUT2D eigenvalue weighted by Gasteiger charge is 2.37. The van der Waals surface area contributed by atoms with Gasteiger partial charge in [0.2, 0.25) is 0 Å². The third-order valence-corrected chi connectivity index (χ3v) is 6.67. The van der Waals surface area contributed by atoms with Crippen LogP contribution in [-0.2, 0) is 9.47 Å². The maximum Gasteiger partial charge on any atom is 0.191 e. The van der Waals surface area contributed by atoms with E-state index in [1.54, 1.807) is 0 Å². The van der Waals surface area contributed by atoms with Crippen molar-refractivity contribution in [2.24, 2.45) is 22.2 Å². The van der Waals surface area contributed by atoms with Crippen LogP contribution in [0.3, 0.4) is 0 Å². The summed E-state index contributed by atoms with van der Waals surface area (Å²) in [6.07, 6.45) is 6.50. The monoisotopic (exact) mass is 394 g/mol. The summed E-state index contributed by atoms with van der Waals surface area (Å²) in [5, 5.41) is 7.14. The molecule has 162 valence electrons. The molecule has 0 amide bonds.